The normalized spacial score (nSPS) is 13.0. The summed E-state index contributed by atoms with van der Waals surface area (Å²) < 4.78 is 2.50. The van der Waals surface area contributed by atoms with Gasteiger partial charge in [0.15, 0.2) is 5.78 Å². The van der Waals surface area contributed by atoms with E-state index in [1.165, 1.54) is 0 Å². The van der Waals surface area contributed by atoms with Gasteiger partial charge in [0.2, 0.25) is 0 Å². The van der Waals surface area contributed by atoms with Crippen molar-refractivity contribution in [1.82, 2.24) is 14.7 Å². The lowest BCUT2D eigenvalue weighted by Crippen LogP contribution is -2.27. The summed E-state index contributed by atoms with van der Waals surface area (Å²) in [4.78, 5) is 14.4. The number of rotatable bonds is 7. The molecule has 1 aromatic heterocycles. The van der Waals surface area contributed by atoms with Crippen molar-refractivity contribution < 1.29 is 4.79 Å². The summed E-state index contributed by atoms with van der Waals surface area (Å²) in [6.07, 6.45) is 2.42. The Morgan fingerprint density at radius 2 is 2.28 bits per heavy atom. The quantitative estimate of drug-likeness (QED) is 0.772. The van der Waals surface area contributed by atoms with Crippen molar-refractivity contribution >= 4 is 21.7 Å². The Hall–Kier alpha value is -0.720. The number of carbonyl (C=O) groups is 1. The van der Waals surface area contributed by atoms with Gasteiger partial charge in [0, 0.05) is 19.0 Å². The largest absolute Gasteiger partial charge is 0.330 e. The molecule has 1 heterocycles. The van der Waals surface area contributed by atoms with Crippen LogP contribution >= 0.6 is 15.9 Å². The molecular formula is C12H21BrN4O. The van der Waals surface area contributed by atoms with Crippen LogP contribution < -0.4 is 5.73 Å². The minimum atomic E-state index is -0.129. The second-order valence-corrected chi connectivity index (χ2v) is 5.43. The summed E-state index contributed by atoms with van der Waals surface area (Å²) in [5.74, 6) is -0.0563. The minimum Gasteiger partial charge on any atom is -0.330 e. The van der Waals surface area contributed by atoms with E-state index in [0.29, 0.717) is 18.8 Å². The van der Waals surface area contributed by atoms with Gasteiger partial charge in [0.1, 0.15) is 5.69 Å². The van der Waals surface area contributed by atoms with E-state index in [1.807, 2.05) is 21.0 Å². The van der Waals surface area contributed by atoms with Gasteiger partial charge in [-0.2, -0.15) is 5.10 Å². The van der Waals surface area contributed by atoms with Crippen LogP contribution in [0.25, 0.3) is 0 Å². The molecule has 1 aromatic rings. The Kier molecular flexibility index (Phi) is 5.98. The summed E-state index contributed by atoms with van der Waals surface area (Å²) in [7, 11) is 3.99. The molecule has 0 aliphatic rings. The van der Waals surface area contributed by atoms with E-state index in [1.54, 1.807) is 10.9 Å². The highest BCUT2D eigenvalue weighted by molar-refractivity contribution is 9.10. The fourth-order valence-corrected chi connectivity index (χ4v) is 2.22. The molecule has 0 saturated carbocycles. The molecule has 1 unspecified atom stereocenters. The van der Waals surface area contributed by atoms with Crippen LogP contribution in [0.2, 0.25) is 0 Å². The first-order chi connectivity index (χ1) is 8.51. The van der Waals surface area contributed by atoms with E-state index in [-0.39, 0.29) is 11.7 Å². The van der Waals surface area contributed by atoms with Gasteiger partial charge in [-0.25, -0.2) is 0 Å². The lowest BCUT2D eigenvalue weighted by molar-refractivity contribution is 0.0908. The molecule has 1 atom stereocenters. The second kappa shape index (κ2) is 7.01. The average molecular weight is 317 g/mol. The molecule has 0 aromatic carbocycles. The fourth-order valence-electron chi connectivity index (χ4n) is 1.72. The van der Waals surface area contributed by atoms with Gasteiger partial charge < -0.3 is 10.6 Å². The van der Waals surface area contributed by atoms with Crippen molar-refractivity contribution in [2.24, 2.45) is 11.7 Å². The maximum absolute atomic E-state index is 12.4. The Balaban J connectivity index is 2.92. The number of nitrogens with two attached hydrogens (primary N) is 1. The third-order valence-corrected chi connectivity index (χ3v) is 3.52. The third-order valence-electron chi connectivity index (χ3n) is 2.94. The van der Waals surface area contributed by atoms with Gasteiger partial charge in [0.25, 0.3) is 0 Å². The van der Waals surface area contributed by atoms with Crippen LogP contribution in [0.5, 0.6) is 0 Å². The zero-order chi connectivity index (χ0) is 13.7. The lowest BCUT2D eigenvalue weighted by Gasteiger charge is -2.15. The highest BCUT2D eigenvalue weighted by atomic mass is 79.9. The first-order valence-corrected chi connectivity index (χ1v) is 6.90. The topological polar surface area (TPSA) is 64.2 Å². The molecule has 0 spiro atoms. The molecule has 0 aliphatic heterocycles. The van der Waals surface area contributed by atoms with Gasteiger partial charge >= 0.3 is 0 Å². The Morgan fingerprint density at radius 1 is 1.61 bits per heavy atom. The number of ketones is 1. The second-order valence-electron chi connectivity index (χ2n) is 4.57. The monoisotopic (exact) mass is 316 g/mol. The number of hydrogen-bond donors (Lipinski definition) is 1. The molecule has 0 radical (unpaired) electrons. The molecule has 18 heavy (non-hydrogen) atoms. The van der Waals surface area contributed by atoms with Gasteiger partial charge in [-0.1, -0.05) is 6.92 Å². The summed E-state index contributed by atoms with van der Waals surface area (Å²) >= 11 is 3.39. The van der Waals surface area contributed by atoms with Crippen LogP contribution in [0.1, 0.15) is 23.8 Å². The van der Waals surface area contributed by atoms with Crippen molar-refractivity contribution in [1.29, 1.82) is 0 Å². The smallest absolute Gasteiger partial charge is 0.186 e. The first kappa shape index (κ1) is 15.3. The lowest BCUT2D eigenvalue weighted by atomic mass is 9.99. The maximum atomic E-state index is 12.4. The number of Topliss-reactive ketones (excluding diaryl/α,β-unsaturated/α-hetero) is 1. The molecule has 0 aliphatic carbocycles. The first-order valence-electron chi connectivity index (χ1n) is 6.11. The summed E-state index contributed by atoms with van der Waals surface area (Å²) in [5, 5.41) is 4.24. The number of aromatic nitrogens is 2. The molecule has 5 nitrogen and oxygen atoms in total. The van der Waals surface area contributed by atoms with Gasteiger partial charge in [-0.15, -0.1) is 0 Å². The van der Waals surface area contributed by atoms with Crippen molar-refractivity contribution in [3.05, 3.63) is 16.4 Å². The van der Waals surface area contributed by atoms with Crippen molar-refractivity contribution in [3.63, 3.8) is 0 Å². The number of likely N-dealkylation sites (N-methyl/N-ethyl adjacent to an activating group) is 1. The SMILES string of the molecule is CCC(CN)C(=O)c1c(Br)cnn1CCN(C)C. The number of carbonyl (C=O) groups excluding carboxylic acids is 1. The van der Waals surface area contributed by atoms with Crippen LogP contribution in [-0.4, -0.2) is 47.6 Å². The van der Waals surface area contributed by atoms with E-state index >= 15 is 0 Å². The molecule has 0 fully saturated rings. The fraction of sp³-hybridized carbons (Fsp3) is 0.667. The van der Waals surface area contributed by atoms with Crippen molar-refractivity contribution in [2.45, 2.75) is 19.9 Å². The van der Waals surface area contributed by atoms with Crippen LogP contribution in [-0.2, 0) is 6.54 Å². The maximum Gasteiger partial charge on any atom is 0.186 e. The number of nitrogens with zero attached hydrogens (tertiary/aromatic N) is 3. The van der Waals surface area contributed by atoms with Crippen molar-refractivity contribution in [2.75, 3.05) is 27.2 Å². The standard InChI is InChI=1S/C12H21BrN4O/c1-4-9(7-14)12(18)11-10(13)8-15-17(11)6-5-16(2)3/h8-9H,4-7,14H2,1-3H3. The Bertz CT molecular complexity index is 399. The average Bonchev–Trinajstić information content (AvgIpc) is 2.69. The molecule has 6 heteroatoms. The van der Waals surface area contributed by atoms with Gasteiger partial charge in [0.05, 0.1) is 17.2 Å². The third kappa shape index (κ3) is 3.63. The van der Waals surface area contributed by atoms with Crippen molar-refractivity contribution in [3.8, 4) is 0 Å². The van der Waals surface area contributed by atoms with E-state index in [2.05, 4.69) is 25.9 Å². The predicted molar refractivity (Wildman–Crippen MR) is 75.6 cm³/mol. The van der Waals surface area contributed by atoms with Gasteiger partial charge in [-0.3, -0.25) is 9.48 Å². The zero-order valence-corrected chi connectivity index (χ0v) is 12.8. The minimum absolute atomic E-state index is 0.0723. The number of hydrogen-bond acceptors (Lipinski definition) is 4. The van der Waals surface area contributed by atoms with Crippen LogP contribution in [0.15, 0.2) is 10.7 Å². The Labute approximate surface area is 116 Å². The molecule has 102 valence electrons. The molecule has 0 bridgehead atoms. The summed E-state index contributed by atoms with van der Waals surface area (Å²) in [6, 6.07) is 0. The van der Waals surface area contributed by atoms with E-state index in [0.717, 1.165) is 17.4 Å². The highest BCUT2D eigenvalue weighted by Crippen LogP contribution is 2.20. The predicted octanol–water partition coefficient (Wildman–Crippen LogP) is 1.37. The van der Waals surface area contributed by atoms with Gasteiger partial charge in [-0.05, 0) is 36.4 Å². The number of halogens is 1. The molecule has 2 N–H and O–H groups in total. The van der Waals surface area contributed by atoms with E-state index < -0.39 is 0 Å². The van der Waals surface area contributed by atoms with Crippen LogP contribution in [0.4, 0.5) is 0 Å². The molecule has 0 amide bonds. The molecule has 0 saturated heterocycles. The highest BCUT2D eigenvalue weighted by Gasteiger charge is 2.23. The van der Waals surface area contributed by atoms with E-state index in [9.17, 15) is 4.79 Å². The summed E-state index contributed by atoms with van der Waals surface area (Å²) in [5.41, 5.74) is 6.27. The Morgan fingerprint density at radius 3 is 2.78 bits per heavy atom. The summed E-state index contributed by atoms with van der Waals surface area (Å²) in [6.45, 7) is 3.89. The molecular weight excluding hydrogens is 296 g/mol. The van der Waals surface area contributed by atoms with Crippen LogP contribution in [0.3, 0.4) is 0 Å². The van der Waals surface area contributed by atoms with Crippen LogP contribution in [0, 0.1) is 5.92 Å². The molecule has 1 rings (SSSR count). The van der Waals surface area contributed by atoms with E-state index in [4.69, 9.17) is 5.73 Å². The zero-order valence-electron chi connectivity index (χ0n) is 11.2.